The van der Waals surface area contributed by atoms with Crippen LogP contribution in [0.15, 0.2) is 84.9 Å². The third-order valence-corrected chi connectivity index (χ3v) is 13.0. The van der Waals surface area contributed by atoms with Gasteiger partial charge in [-0.1, -0.05) is 115 Å². The molecule has 0 atom stereocenters. The van der Waals surface area contributed by atoms with Crippen LogP contribution in [0, 0.1) is 73.8 Å². The fourth-order valence-corrected chi connectivity index (χ4v) is 10.2. The maximum atomic E-state index is 5.61. The molecule has 64 heavy (non-hydrogen) atoms. The topological polar surface area (TPSA) is 54.0 Å². The summed E-state index contributed by atoms with van der Waals surface area (Å²) in [5.41, 5.74) is 30.8. The third kappa shape index (κ3) is 8.36. The van der Waals surface area contributed by atoms with Crippen LogP contribution >= 0.6 is 0 Å². The minimum Gasteiger partial charge on any atom is -0.657 e. The zero-order chi connectivity index (χ0) is 44.5. The van der Waals surface area contributed by atoms with Gasteiger partial charge in [0.1, 0.15) is 8.07 Å². The van der Waals surface area contributed by atoms with E-state index in [0.29, 0.717) is 0 Å². The molecule has 0 fully saturated rings. The molecule has 0 N–H and O–H groups in total. The molecule has 0 radical (unpaired) electrons. The summed E-state index contributed by atoms with van der Waals surface area (Å²) in [5.74, 6) is 3.52. The Bertz CT molecular complexity index is 3130. The predicted molar refractivity (Wildman–Crippen MR) is 271 cm³/mol. The molecule has 5 heterocycles. The Morgan fingerprint density at radius 1 is 0.391 bits per heavy atom. The Morgan fingerprint density at radius 3 is 1.12 bits per heavy atom. The van der Waals surface area contributed by atoms with Crippen LogP contribution in [-0.2, 0) is 19.5 Å². The summed E-state index contributed by atoms with van der Waals surface area (Å²) >= 11 is 0. The number of aromatic nitrogens is 4. The number of hydrogen-bond acceptors (Lipinski definition) is 2. The smallest absolute Gasteiger partial charge is 0.657 e. The van der Waals surface area contributed by atoms with Gasteiger partial charge in [-0.15, -0.1) is 27.6 Å². The zero-order valence-electron chi connectivity index (χ0n) is 39.4. The molecule has 2 aliphatic rings. The van der Waals surface area contributed by atoms with Crippen LogP contribution in [0.25, 0.3) is 90.9 Å². The predicted octanol–water partition coefficient (Wildman–Crippen LogP) is 14.6. The van der Waals surface area contributed by atoms with Crippen LogP contribution in [0.3, 0.4) is 0 Å². The Balaban J connectivity index is 0.00000560. The molecular weight excluding hydrogens is 847 g/mol. The SMILES string of the molecule is Cc1ccc(-[13c]2c3nc(c(-c4c(C)cc(C)cc4C)c4ccc([n-]4)c(-c4c(C)cc(C#C[Si](C)(C)C)cc4C)c4ccc([n-]4)c(-c4c(C)cc(C)cc4C)c4nc2C=C4)C=C3)cc1.[Zn+2]. The quantitative estimate of drug-likeness (QED) is 0.130. The van der Waals surface area contributed by atoms with Gasteiger partial charge in [0.05, 0.1) is 22.8 Å². The molecule has 7 aromatic rings. The zero-order valence-corrected chi connectivity index (χ0v) is 43.4. The number of rotatable bonds is 4. The van der Waals surface area contributed by atoms with Crippen LogP contribution in [0.1, 0.15) is 78.4 Å². The Kier molecular flexibility index (Phi) is 11.9. The van der Waals surface area contributed by atoms with Gasteiger partial charge in [-0.05, 0) is 171 Å². The van der Waals surface area contributed by atoms with E-state index >= 15 is 0 Å². The number of nitrogens with zero attached hydrogens (tertiary/aromatic N) is 4. The van der Waals surface area contributed by atoms with Crippen molar-refractivity contribution in [3.8, 4) is 56.0 Å². The van der Waals surface area contributed by atoms with E-state index in [4.69, 9.17) is 19.9 Å². The molecule has 312 valence electrons. The summed E-state index contributed by atoms with van der Waals surface area (Å²) in [6, 6.07) is 30.9. The third-order valence-electron chi connectivity index (χ3n) is 12.2. The van der Waals surface area contributed by atoms with E-state index in [-0.39, 0.29) is 19.5 Å². The summed E-state index contributed by atoms with van der Waals surface area (Å²) in [5, 5.41) is 0. The molecule has 0 aliphatic carbocycles. The maximum absolute atomic E-state index is 5.61. The summed E-state index contributed by atoms with van der Waals surface area (Å²) in [7, 11) is -1.58. The second-order valence-electron chi connectivity index (χ2n) is 18.8. The molecule has 8 bridgehead atoms. The molecule has 0 amide bonds. The molecule has 0 unspecified atom stereocenters. The summed E-state index contributed by atoms with van der Waals surface area (Å²) in [4.78, 5) is 22.3. The monoisotopic (exact) mass is 899 g/mol. The average Bonchev–Trinajstić information content (AvgIpc) is 4.05. The van der Waals surface area contributed by atoms with Gasteiger partial charge in [0.2, 0.25) is 0 Å². The first-order valence-electron chi connectivity index (χ1n) is 22.0. The van der Waals surface area contributed by atoms with Crippen LogP contribution in [0.5, 0.6) is 0 Å². The summed E-state index contributed by atoms with van der Waals surface area (Å²) in [6.07, 6.45) is 8.63. The van der Waals surface area contributed by atoms with E-state index < -0.39 is 8.07 Å². The van der Waals surface area contributed by atoms with E-state index in [1.807, 2.05) is 0 Å². The fraction of sp³-hybridized carbons (Fsp3) is 0.207. The van der Waals surface area contributed by atoms with Crippen LogP contribution < -0.4 is 9.97 Å². The molecule has 0 saturated carbocycles. The number of fused-ring (bicyclic) bond motifs is 8. The molecule has 3 aromatic heterocycles. The van der Waals surface area contributed by atoms with Gasteiger partial charge in [0.25, 0.3) is 0 Å². The second kappa shape index (κ2) is 17.1. The molecule has 6 heteroatoms. The number of hydrogen-bond donors (Lipinski definition) is 0. The largest absolute Gasteiger partial charge is 2.00 e. The summed E-state index contributed by atoms with van der Waals surface area (Å²) in [6.45, 7) is 26.5. The molecule has 0 spiro atoms. The first-order chi connectivity index (χ1) is 30.0. The van der Waals surface area contributed by atoms with Crippen molar-refractivity contribution in [2.75, 3.05) is 0 Å². The molecule has 2 aliphatic heterocycles. The molecule has 9 rings (SSSR count). The van der Waals surface area contributed by atoms with Gasteiger partial charge in [0, 0.05) is 11.1 Å². The van der Waals surface area contributed by atoms with E-state index in [1.54, 1.807) is 0 Å². The van der Waals surface area contributed by atoms with Gasteiger partial charge in [-0.3, -0.25) is 0 Å². The molecule has 0 saturated heterocycles. The molecule has 4 nitrogen and oxygen atoms in total. The second-order valence-corrected chi connectivity index (χ2v) is 23.5. The van der Waals surface area contributed by atoms with Gasteiger partial charge in [-0.2, -0.15) is 0 Å². The van der Waals surface area contributed by atoms with Crippen molar-refractivity contribution in [2.24, 2.45) is 0 Å². The van der Waals surface area contributed by atoms with Crippen molar-refractivity contribution in [1.29, 1.82) is 0 Å². The van der Waals surface area contributed by atoms with Gasteiger partial charge in [-0.25, -0.2) is 9.97 Å². The van der Waals surface area contributed by atoms with Gasteiger partial charge < -0.3 is 9.97 Å². The van der Waals surface area contributed by atoms with E-state index in [2.05, 4.69) is 203 Å². The van der Waals surface area contributed by atoms with Crippen LogP contribution in [0.4, 0.5) is 0 Å². The normalized spacial score (nSPS) is 12.0. The van der Waals surface area contributed by atoms with Crippen molar-refractivity contribution >= 4 is 54.4 Å². The Hall–Kier alpha value is -6.12. The van der Waals surface area contributed by atoms with E-state index in [1.165, 1.54) is 38.9 Å². The maximum Gasteiger partial charge on any atom is 2.00 e. The van der Waals surface area contributed by atoms with Crippen molar-refractivity contribution in [1.82, 2.24) is 19.9 Å². The van der Waals surface area contributed by atoms with Crippen LogP contribution in [0.2, 0.25) is 19.6 Å². The Morgan fingerprint density at radius 2 is 0.734 bits per heavy atom. The minimum absolute atomic E-state index is 0. The van der Waals surface area contributed by atoms with Gasteiger partial charge >= 0.3 is 19.5 Å². The minimum atomic E-state index is -1.58. The summed E-state index contributed by atoms with van der Waals surface area (Å²) < 4.78 is 0. The van der Waals surface area contributed by atoms with E-state index in [0.717, 1.165) is 106 Å². The first-order valence-corrected chi connectivity index (χ1v) is 25.5. The standard InChI is InChI=1S/C58H54N4Si.Zn/c1-33-13-15-43(16-14-33)55-44-17-19-46(59-44)56(52-36(4)27-34(2)28-37(52)5)48-21-23-50(61-48)58(54-40(8)31-42(32-41(54)9)25-26-63(10,11)12)51-24-22-49(62-51)57(47-20-18-45(55)60-47)53-38(6)29-35(3)30-39(53)7;/h13-24,27-32H,1-12H3;/q-2;+2/i55+1;. The Labute approximate surface area is 392 Å². The van der Waals surface area contributed by atoms with Crippen molar-refractivity contribution in [2.45, 2.75) is 82.0 Å². The number of aryl methyl sites for hydroxylation is 9. The molecule has 4 aromatic carbocycles. The first kappa shape index (κ1) is 44.5. The molecular formula is C58H54N4SiZn. The number of benzene rings is 4. The average molecular weight is 902 g/mol. The van der Waals surface area contributed by atoms with E-state index in [9.17, 15) is 0 Å². The van der Waals surface area contributed by atoms with Gasteiger partial charge in [0.15, 0.2) is 0 Å². The van der Waals surface area contributed by atoms with Crippen molar-refractivity contribution in [3.05, 3.63) is 163 Å². The van der Waals surface area contributed by atoms with Crippen molar-refractivity contribution in [3.63, 3.8) is 0 Å². The van der Waals surface area contributed by atoms with Crippen LogP contribution in [-0.4, -0.2) is 18.0 Å². The van der Waals surface area contributed by atoms with Crippen molar-refractivity contribution < 1.29 is 19.5 Å². The fourth-order valence-electron chi connectivity index (χ4n) is 9.71.